The molecule has 1 N–H and O–H groups in total. The van der Waals surface area contributed by atoms with E-state index in [0.717, 1.165) is 12.5 Å². The summed E-state index contributed by atoms with van der Waals surface area (Å²) in [6, 6.07) is 12.0. The second-order valence-electron chi connectivity index (χ2n) is 2.30. The van der Waals surface area contributed by atoms with Crippen molar-refractivity contribution in [3.8, 4) is 0 Å². The van der Waals surface area contributed by atoms with Gasteiger partial charge in [-0.25, -0.2) is 4.79 Å². The predicted octanol–water partition coefficient (Wildman–Crippen LogP) is 2.72. The first-order valence-corrected chi connectivity index (χ1v) is 4.17. The average molecular weight is 178 g/mol. The van der Waals surface area contributed by atoms with Crippen LogP contribution < -0.4 is 0 Å². The summed E-state index contributed by atoms with van der Waals surface area (Å²) in [6.07, 6.45) is 3.52. The summed E-state index contributed by atoms with van der Waals surface area (Å²) >= 11 is 0. The number of allylic oxidation sites excluding steroid dienone is 1. The lowest BCUT2D eigenvalue weighted by Gasteiger charge is -1.73. The molecule has 0 heterocycles. The normalized spacial score (nSPS) is 9.00. The van der Waals surface area contributed by atoms with Crippen LogP contribution >= 0.6 is 0 Å². The van der Waals surface area contributed by atoms with Crippen LogP contribution in [0.15, 0.2) is 48.6 Å². The van der Waals surface area contributed by atoms with Gasteiger partial charge in [-0.05, 0) is 6.42 Å². The Morgan fingerprint density at radius 3 is 1.69 bits per heavy atom. The molecule has 0 spiro atoms. The molecule has 0 saturated heterocycles. The summed E-state index contributed by atoms with van der Waals surface area (Å²) in [5, 5.41) is 7.96. The highest BCUT2D eigenvalue weighted by molar-refractivity contribution is 5.79. The van der Waals surface area contributed by atoms with Gasteiger partial charge < -0.3 is 5.11 Å². The largest absolute Gasteiger partial charge is 0.478 e. The maximum Gasteiger partial charge on any atom is 0.327 e. The van der Waals surface area contributed by atoms with Crippen molar-refractivity contribution < 1.29 is 9.90 Å². The molecule has 1 rings (SSSR count). The molecule has 1 aromatic rings. The molecule has 2 heteroatoms. The van der Waals surface area contributed by atoms with Gasteiger partial charge in [-0.3, -0.25) is 0 Å². The number of carbonyl (C=O) groups is 1. The minimum atomic E-state index is -0.873. The molecule has 0 saturated carbocycles. The van der Waals surface area contributed by atoms with E-state index in [4.69, 9.17) is 5.11 Å². The molecule has 0 bridgehead atoms. The number of benzene rings is 1. The van der Waals surface area contributed by atoms with Gasteiger partial charge in [-0.2, -0.15) is 0 Å². The van der Waals surface area contributed by atoms with Crippen molar-refractivity contribution in [2.45, 2.75) is 13.3 Å². The highest BCUT2D eigenvalue weighted by Crippen LogP contribution is 1.80. The van der Waals surface area contributed by atoms with Gasteiger partial charge in [-0.1, -0.05) is 49.4 Å². The Morgan fingerprint density at radius 2 is 1.54 bits per heavy atom. The van der Waals surface area contributed by atoms with Crippen molar-refractivity contribution in [3.05, 3.63) is 48.6 Å². The van der Waals surface area contributed by atoms with Crippen molar-refractivity contribution in [1.29, 1.82) is 0 Å². The highest BCUT2D eigenvalue weighted by Gasteiger charge is 1.79. The molecular weight excluding hydrogens is 164 g/mol. The summed E-state index contributed by atoms with van der Waals surface area (Å²) in [5.41, 5.74) is 0. The molecule has 0 fully saturated rings. The Morgan fingerprint density at radius 1 is 1.15 bits per heavy atom. The average Bonchev–Trinajstić information content (AvgIpc) is 2.18. The van der Waals surface area contributed by atoms with Gasteiger partial charge in [0.1, 0.15) is 0 Å². The van der Waals surface area contributed by atoms with Crippen LogP contribution in [0.25, 0.3) is 0 Å². The Kier molecular flexibility index (Phi) is 7.50. The van der Waals surface area contributed by atoms with E-state index in [2.05, 4.69) is 0 Å². The van der Waals surface area contributed by atoms with Crippen molar-refractivity contribution in [2.75, 3.05) is 0 Å². The van der Waals surface area contributed by atoms with Crippen LogP contribution in [0.2, 0.25) is 0 Å². The quantitative estimate of drug-likeness (QED) is 0.707. The number of carboxylic acid groups (broad SMARTS) is 1. The third kappa shape index (κ3) is 10.4. The molecular formula is C11H14O2. The smallest absolute Gasteiger partial charge is 0.327 e. The SMILES string of the molecule is CCC=CC(=O)O.c1ccccc1. The van der Waals surface area contributed by atoms with E-state index >= 15 is 0 Å². The minimum Gasteiger partial charge on any atom is -0.478 e. The lowest BCUT2D eigenvalue weighted by Crippen LogP contribution is -1.84. The lowest BCUT2D eigenvalue weighted by atomic mass is 10.4. The fourth-order valence-electron chi connectivity index (χ4n) is 0.604. The molecule has 70 valence electrons. The van der Waals surface area contributed by atoms with Crippen molar-refractivity contribution in [1.82, 2.24) is 0 Å². The van der Waals surface area contributed by atoms with Crippen molar-refractivity contribution >= 4 is 5.97 Å². The third-order valence-electron chi connectivity index (χ3n) is 1.16. The fourth-order valence-corrected chi connectivity index (χ4v) is 0.604. The zero-order valence-corrected chi connectivity index (χ0v) is 7.68. The van der Waals surface area contributed by atoms with Gasteiger partial charge in [0.25, 0.3) is 0 Å². The molecule has 2 nitrogen and oxygen atoms in total. The van der Waals surface area contributed by atoms with Gasteiger partial charge in [0.15, 0.2) is 0 Å². The van der Waals surface area contributed by atoms with Crippen LogP contribution in [-0.2, 0) is 4.79 Å². The summed E-state index contributed by atoms with van der Waals surface area (Å²) in [7, 11) is 0. The summed E-state index contributed by atoms with van der Waals surface area (Å²) in [6.45, 7) is 1.89. The lowest BCUT2D eigenvalue weighted by molar-refractivity contribution is -0.131. The molecule has 0 radical (unpaired) electrons. The molecule has 0 aliphatic carbocycles. The van der Waals surface area contributed by atoms with Gasteiger partial charge >= 0.3 is 5.97 Å². The first-order chi connectivity index (χ1) is 6.27. The number of hydrogen-bond donors (Lipinski definition) is 1. The van der Waals surface area contributed by atoms with Crippen LogP contribution in [0.3, 0.4) is 0 Å². The Hall–Kier alpha value is -1.57. The predicted molar refractivity (Wildman–Crippen MR) is 53.5 cm³/mol. The molecule has 0 aliphatic rings. The standard InChI is InChI=1S/C6H6.C5H8O2/c1-2-4-6-5-3-1;1-2-3-4-5(6)7/h1-6H;3-4H,2H2,1H3,(H,6,7). The van der Waals surface area contributed by atoms with E-state index in [1.807, 2.05) is 43.3 Å². The first-order valence-electron chi connectivity index (χ1n) is 4.17. The second kappa shape index (κ2) is 8.53. The van der Waals surface area contributed by atoms with Gasteiger partial charge in [-0.15, -0.1) is 0 Å². The summed E-state index contributed by atoms with van der Waals surface area (Å²) < 4.78 is 0. The number of carboxylic acids is 1. The van der Waals surface area contributed by atoms with E-state index < -0.39 is 5.97 Å². The number of aliphatic carboxylic acids is 1. The topological polar surface area (TPSA) is 37.3 Å². The zero-order chi connectivity index (χ0) is 9.94. The van der Waals surface area contributed by atoms with Gasteiger partial charge in [0.2, 0.25) is 0 Å². The van der Waals surface area contributed by atoms with E-state index in [1.165, 1.54) is 0 Å². The minimum absolute atomic E-state index is 0.784. The molecule has 0 amide bonds. The number of hydrogen-bond acceptors (Lipinski definition) is 1. The van der Waals surface area contributed by atoms with E-state index in [9.17, 15) is 4.79 Å². The first kappa shape index (κ1) is 11.4. The molecule has 13 heavy (non-hydrogen) atoms. The molecule has 0 unspecified atom stereocenters. The van der Waals surface area contributed by atoms with Crippen LogP contribution in [0.5, 0.6) is 0 Å². The second-order valence-corrected chi connectivity index (χ2v) is 2.30. The maximum atomic E-state index is 9.67. The summed E-state index contributed by atoms with van der Waals surface area (Å²) in [5.74, 6) is -0.873. The molecule has 0 aliphatic heterocycles. The van der Waals surface area contributed by atoms with Crippen LogP contribution in [0.4, 0.5) is 0 Å². The van der Waals surface area contributed by atoms with Crippen LogP contribution in [0, 0.1) is 0 Å². The molecule has 0 atom stereocenters. The summed E-state index contributed by atoms with van der Waals surface area (Å²) in [4.78, 5) is 9.67. The fraction of sp³-hybridized carbons (Fsp3) is 0.182. The number of rotatable bonds is 2. The van der Waals surface area contributed by atoms with E-state index in [1.54, 1.807) is 6.08 Å². The van der Waals surface area contributed by atoms with Crippen LogP contribution in [0.1, 0.15) is 13.3 Å². The molecule has 1 aromatic carbocycles. The third-order valence-corrected chi connectivity index (χ3v) is 1.16. The van der Waals surface area contributed by atoms with Gasteiger partial charge in [0, 0.05) is 6.08 Å². The van der Waals surface area contributed by atoms with E-state index in [0.29, 0.717) is 0 Å². The molecule has 0 aromatic heterocycles. The van der Waals surface area contributed by atoms with Crippen LogP contribution in [-0.4, -0.2) is 11.1 Å². The Balaban J connectivity index is 0.000000223. The van der Waals surface area contributed by atoms with E-state index in [-0.39, 0.29) is 0 Å². The maximum absolute atomic E-state index is 9.67. The monoisotopic (exact) mass is 178 g/mol. The zero-order valence-electron chi connectivity index (χ0n) is 7.68. The highest BCUT2D eigenvalue weighted by atomic mass is 16.4. The Bertz CT molecular complexity index is 213. The van der Waals surface area contributed by atoms with Crippen molar-refractivity contribution in [3.63, 3.8) is 0 Å². The Labute approximate surface area is 78.5 Å². The van der Waals surface area contributed by atoms with Crippen molar-refractivity contribution in [2.24, 2.45) is 0 Å². The van der Waals surface area contributed by atoms with Gasteiger partial charge in [0.05, 0.1) is 0 Å².